The maximum absolute atomic E-state index is 12.3. The molecule has 26 heavy (non-hydrogen) atoms. The van der Waals surface area contributed by atoms with E-state index >= 15 is 0 Å². The highest BCUT2D eigenvalue weighted by molar-refractivity contribution is 6.30. The lowest BCUT2D eigenvalue weighted by atomic mass is 10.1. The van der Waals surface area contributed by atoms with E-state index in [1.807, 2.05) is 49.4 Å². The Balaban J connectivity index is 0.00000243. The van der Waals surface area contributed by atoms with Gasteiger partial charge in [0.2, 0.25) is 5.91 Å². The first-order chi connectivity index (χ1) is 12.0. The second-order valence-corrected chi connectivity index (χ2v) is 7.09. The van der Waals surface area contributed by atoms with Gasteiger partial charge >= 0.3 is 0 Å². The molecule has 1 amide bonds. The first-order valence-electron chi connectivity index (χ1n) is 8.55. The molecule has 0 aromatic heterocycles. The van der Waals surface area contributed by atoms with E-state index in [1.54, 1.807) is 0 Å². The normalized spacial score (nSPS) is 18.9. The van der Waals surface area contributed by atoms with Crippen LogP contribution in [-0.2, 0) is 11.4 Å². The van der Waals surface area contributed by atoms with Gasteiger partial charge in [0.15, 0.2) is 0 Å². The zero-order chi connectivity index (χ0) is 17.8. The molecule has 0 bridgehead atoms. The number of nitrogens with one attached hydrogen (secondary N) is 1. The molecular formula is C20H24Cl2N2O2. The fourth-order valence-corrected chi connectivity index (χ4v) is 3.36. The Labute approximate surface area is 165 Å². The van der Waals surface area contributed by atoms with Gasteiger partial charge < -0.3 is 15.8 Å². The van der Waals surface area contributed by atoms with Crippen LogP contribution in [0.3, 0.4) is 0 Å². The summed E-state index contributed by atoms with van der Waals surface area (Å²) in [4.78, 5) is 12.3. The van der Waals surface area contributed by atoms with Gasteiger partial charge in [0.1, 0.15) is 12.4 Å². The van der Waals surface area contributed by atoms with E-state index in [0.717, 1.165) is 41.8 Å². The van der Waals surface area contributed by atoms with E-state index in [2.05, 4.69) is 5.32 Å². The molecule has 1 aliphatic rings. The van der Waals surface area contributed by atoms with Gasteiger partial charge in [-0.15, -0.1) is 12.4 Å². The number of hydrogen-bond acceptors (Lipinski definition) is 3. The van der Waals surface area contributed by atoms with E-state index in [4.69, 9.17) is 22.1 Å². The second-order valence-electron chi connectivity index (χ2n) is 6.65. The van der Waals surface area contributed by atoms with Crippen molar-refractivity contribution in [2.45, 2.75) is 38.8 Å². The molecule has 0 saturated heterocycles. The summed E-state index contributed by atoms with van der Waals surface area (Å²) in [5.41, 5.74) is 8.70. The highest BCUT2D eigenvalue weighted by Gasteiger charge is 2.27. The van der Waals surface area contributed by atoms with Gasteiger partial charge in [-0.3, -0.25) is 4.79 Å². The molecule has 140 valence electrons. The molecule has 1 aliphatic carbocycles. The zero-order valence-electron chi connectivity index (χ0n) is 14.7. The van der Waals surface area contributed by atoms with Crippen molar-refractivity contribution in [3.63, 3.8) is 0 Å². The molecule has 3 rings (SSSR count). The Hall–Kier alpha value is -1.75. The van der Waals surface area contributed by atoms with E-state index in [0.29, 0.717) is 11.6 Å². The first kappa shape index (κ1) is 20.6. The largest absolute Gasteiger partial charge is 0.489 e. The van der Waals surface area contributed by atoms with Gasteiger partial charge in [0.25, 0.3) is 0 Å². The molecule has 4 nitrogen and oxygen atoms in total. The number of rotatable bonds is 5. The van der Waals surface area contributed by atoms with Gasteiger partial charge in [-0.2, -0.15) is 0 Å². The van der Waals surface area contributed by atoms with Gasteiger partial charge in [-0.1, -0.05) is 23.7 Å². The molecule has 3 N–H and O–H groups in total. The summed E-state index contributed by atoms with van der Waals surface area (Å²) in [7, 11) is 0. The average molecular weight is 395 g/mol. The Morgan fingerprint density at radius 1 is 1.27 bits per heavy atom. The topological polar surface area (TPSA) is 64.3 Å². The quantitative estimate of drug-likeness (QED) is 0.770. The number of halogens is 2. The molecule has 6 heteroatoms. The van der Waals surface area contributed by atoms with E-state index in [-0.39, 0.29) is 30.3 Å². The first-order valence-corrected chi connectivity index (χ1v) is 8.93. The molecule has 1 saturated carbocycles. The number of carbonyl (C=O) groups excluding carboxylic acids is 1. The van der Waals surface area contributed by atoms with Crippen LogP contribution in [0.5, 0.6) is 5.75 Å². The summed E-state index contributed by atoms with van der Waals surface area (Å²) < 4.78 is 5.81. The summed E-state index contributed by atoms with van der Waals surface area (Å²) in [5.74, 6) is 0.843. The Bertz CT molecular complexity index is 767. The lowest BCUT2D eigenvalue weighted by molar-refractivity contribution is -0.119. The van der Waals surface area contributed by atoms with Crippen LogP contribution in [0.1, 0.15) is 30.4 Å². The van der Waals surface area contributed by atoms with Gasteiger partial charge in [-0.25, -0.2) is 0 Å². The number of aryl methyl sites for hydroxylation is 1. The summed E-state index contributed by atoms with van der Waals surface area (Å²) in [6.45, 7) is 2.41. The van der Waals surface area contributed by atoms with Gasteiger partial charge in [0.05, 0.1) is 0 Å². The number of nitrogens with two attached hydrogens (primary N) is 1. The third-order valence-electron chi connectivity index (χ3n) is 4.59. The molecule has 0 aliphatic heterocycles. The Morgan fingerprint density at radius 3 is 2.73 bits per heavy atom. The maximum Gasteiger partial charge on any atom is 0.227 e. The summed E-state index contributed by atoms with van der Waals surface area (Å²) in [6.07, 6.45) is 2.56. The van der Waals surface area contributed by atoms with Crippen LogP contribution in [0, 0.1) is 12.8 Å². The third-order valence-corrected chi connectivity index (χ3v) is 4.83. The Morgan fingerprint density at radius 2 is 2.08 bits per heavy atom. The fraction of sp³-hybridized carbons (Fsp3) is 0.350. The molecule has 0 radical (unpaired) electrons. The molecule has 2 atom stereocenters. The lowest BCUT2D eigenvalue weighted by Crippen LogP contribution is -2.23. The second kappa shape index (κ2) is 9.26. The minimum absolute atomic E-state index is 0. The number of hydrogen-bond donors (Lipinski definition) is 2. The van der Waals surface area contributed by atoms with E-state index in [1.165, 1.54) is 0 Å². The third kappa shape index (κ3) is 5.37. The number of carbonyl (C=O) groups is 1. The fourth-order valence-electron chi connectivity index (χ4n) is 3.15. The van der Waals surface area contributed by atoms with Crippen molar-refractivity contribution in [3.05, 3.63) is 58.6 Å². The smallest absolute Gasteiger partial charge is 0.227 e. The van der Waals surface area contributed by atoms with Crippen LogP contribution in [0.25, 0.3) is 0 Å². The van der Waals surface area contributed by atoms with Gasteiger partial charge in [0, 0.05) is 22.7 Å². The molecule has 2 unspecified atom stereocenters. The number of amides is 1. The highest BCUT2D eigenvalue weighted by Crippen LogP contribution is 2.27. The van der Waals surface area contributed by atoms with Crippen molar-refractivity contribution >= 4 is 35.6 Å². The monoisotopic (exact) mass is 394 g/mol. The minimum Gasteiger partial charge on any atom is -0.489 e. The van der Waals surface area contributed by atoms with Crippen LogP contribution in [0.2, 0.25) is 5.02 Å². The lowest BCUT2D eigenvalue weighted by Gasteiger charge is -2.14. The van der Waals surface area contributed by atoms with Crippen LogP contribution in [-0.4, -0.2) is 11.9 Å². The summed E-state index contributed by atoms with van der Waals surface area (Å²) in [6, 6.07) is 13.4. The van der Waals surface area contributed by atoms with Crippen molar-refractivity contribution in [1.82, 2.24) is 0 Å². The van der Waals surface area contributed by atoms with Crippen molar-refractivity contribution in [2.24, 2.45) is 11.7 Å². The van der Waals surface area contributed by atoms with Crippen LogP contribution >= 0.6 is 24.0 Å². The minimum atomic E-state index is 0. The molecule has 1 fully saturated rings. The predicted molar refractivity (Wildman–Crippen MR) is 108 cm³/mol. The molecule has 0 heterocycles. The highest BCUT2D eigenvalue weighted by atomic mass is 35.5. The van der Waals surface area contributed by atoms with Gasteiger partial charge in [-0.05, 0) is 67.6 Å². The average Bonchev–Trinajstić information content (AvgIpc) is 3.02. The van der Waals surface area contributed by atoms with Crippen molar-refractivity contribution in [1.29, 1.82) is 0 Å². The molecule has 0 spiro atoms. The van der Waals surface area contributed by atoms with E-state index in [9.17, 15) is 4.79 Å². The molecule has 2 aromatic rings. The number of anilines is 1. The number of benzene rings is 2. The summed E-state index contributed by atoms with van der Waals surface area (Å²) >= 11 is 5.98. The zero-order valence-corrected chi connectivity index (χ0v) is 16.3. The van der Waals surface area contributed by atoms with Crippen molar-refractivity contribution in [3.8, 4) is 5.75 Å². The van der Waals surface area contributed by atoms with Crippen LogP contribution < -0.4 is 15.8 Å². The van der Waals surface area contributed by atoms with Crippen LogP contribution in [0.15, 0.2) is 42.5 Å². The maximum atomic E-state index is 12.3. The standard InChI is InChI=1S/C20H23ClN2O2.ClH/c1-13-9-18(25-12-14-3-2-4-16(21)10-14)7-8-19(13)23-20(24)15-5-6-17(22)11-15;/h2-4,7-10,15,17H,5-6,11-12,22H2,1H3,(H,23,24);1H. The van der Waals surface area contributed by atoms with E-state index < -0.39 is 0 Å². The molecule has 2 aromatic carbocycles. The predicted octanol–water partition coefficient (Wildman–Crippen LogP) is 4.72. The number of ether oxygens (including phenoxy) is 1. The Kier molecular flexibility index (Phi) is 7.33. The SMILES string of the molecule is Cc1cc(OCc2cccc(Cl)c2)ccc1NC(=O)C1CCC(N)C1.Cl. The molecular weight excluding hydrogens is 371 g/mol. The van der Waals surface area contributed by atoms with Crippen molar-refractivity contribution in [2.75, 3.05) is 5.32 Å². The van der Waals surface area contributed by atoms with Crippen molar-refractivity contribution < 1.29 is 9.53 Å². The summed E-state index contributed by atoms with van der Waals surface area (Å²) in [5, 5.41) is 3.71. The van der Waals surface area contributed by atoms with Crippen LogP contribution in [0.4, 0.5) is 5.69 Å².